The van der Waals surface area contributed by atoms with E-state index in [0.717, 1.165) is 78.4 Å². The Morgan fingerprint density at radius 1 is 0.545 bits per heavy atom. The lowest BCUT2D eigenvalue weighted by Crippen LogP contribution is -2.08. The van der Waals surface area contributed by atoms with Crippen molar-refractivity contribution in [3.63, 3.8) is 0 Å². The number of fused-ring (bicyclic) bond motifs is 6. The number of nitrogens with zero attached hydrogens (tertiary/aromatic N) is 3. The third-order valence-corrected chi connectivity index (χ3v) is 8.45. The minimum atomic E-state index is 0.0802. The molecule has 0 saturated heterocycles. The molecule has 0 N–H and O–H groups in total. The van der Waals surface area contributed by atoms with E-state index in [4.69, 9.17) is 23.8 Å². The van der Waals surface area contributed by atoms with Crippen LogP contribution in [0.1, 0.15) is 18.2 Å². The Labute approximate surface area is 252 Å². The predicted octanol–water partition coefficient (Wildman–Crippen LogP) is 10.3. The summed E-state index contributed by atoms with van der Waals surface area (Å²) in [6.45, 7) is 0. The van der Waals surface area contributed by atoms with E-state index >= 15 is 0 Å². The Morgan fingerprint density at radius 3 is 2.11 bits per heavy atom. The fourth-order valence-electron chi connectivity index (χ4n) is 6.30. The van der Waals surface area contributed by atoms with Gasteiger partial charge in [0.15, 0.2) is 11.6 Å². The Bertz CT molecular complexity index is 2430. The van der Waals surface area contributed by atoms with E-state index in [1.54, 1.807) is 0 Å². The monoisotopic (exact) mass is 567 g/mol. The number of benzene rings is 5. The molecule has 0 bridgehead atoms. The second-order valence-corrected chi connectivity index (χ2v) is 11.1. The van der Waals surface area contributed by atoms with Crippen molar-refractivity contribution in [3.05, 3.63) is 139 Å². The number of hydrogen-bond acceptors (Lipinski definition) is 5. The summed E-state index contributed by atoms with van der Waals surface area (Å²) >= 11 is 0. The van der Waals surface area contributed by atoms with E-state index in [2.05, 4.69) is 60.7 Å². The first kappa shape index (κ1) is 24.8. The van der Waals surface area contributed by atoms with Gasteiger partial charge in [-0.3, -0.25) is 0 Å². The van der Waals surface area contributed by atoms with Gasteiger partial charge in [-0.1, -0.05) is 97.1 Å². The minimum Gasteiger partial charge on any atom is -0.456 e. The molecule has 5 heteroatoms. The van der Waals surface area contributed by atoms with Crippen molar-refractivity contribution in [1.82, 2.24) is 15.0 Å². The molecule has 0 radical (unpaired) electrons. The van der Waals surface area contributed by atoms with Gasteiger partial charge in [0.05, 0.1) is 0 Å². The van der Waals surface area contributed by atoms with Crippen LogP contribution in [0.2, 0.25) is 0 Å². The molecule has 1 atom stereocenters. The molecule has 44 heavy (non-hydrogen) atoms. The van der Waals surface area contributed by atoms with Crippen LogP contribution < -0.4 is 0 Å². The highest BCUT2D eigenvalue weighted by Crippen LogP contribution is 2.42. The fourth-order valence-corrected chi connectivity index (χ4v) is 6.30. The largest absolute Gasteiger partial charge is 0.456 e. The molecular weight excluding hydrogens is 542 g/mol. The molecule has 0 spiro atoms. The molecule has 208 valence electrons. The van der Waals surface area contributed by atoms with Gasteiger partial charge in [0.25, 0.3) is 0 Å². The van der Waals surface area contributed by atoms with E-state index in [0.29, 0.717) is 11.6 Å². The van der Waals surface area contributed by atoms with Crippen molar-refractivity contribution in [2.45, 2.75) is 12.3 Å². The van der Waals surface area contributed by atoms with E-state index in [-0.39, 0.29) is 5.92 Å². The van der Waals surface area contributed by atoms with Crippen molar-refractivity contribution in [2.24, 2.45) is 0 Å². The second-order valence-electron chi connectivity index (χ2n) is 11.1. The first-order chi connectivity index (χ1) is 21.8. The molecule has 1 aliphatic rings. The summed E-state index contributed by atoms with van der Waals surface area (Å²) in [5.41, 5.74) is 7.31. The van der Waals surface area contributed by atoms with Gasteiger partial charge >= 0.3 is 0 Å². The highest BCUT2D eigenvalue weighted by atomic mass is 16.3. The highest BCUT2D eigenvalue weighted by Gasteiger charge is 2.22. The molecule has 1 aliphatic carbocycles. The van der Waals surface area contributed by atoms with Crippen molar-refractivity contribution in [1.29, 1.82) is 0 Å². The molecule has 9 rings (SSSR count). The van der Waals surface area contributed by atoms with E-state index in [9.17, 15) is 0 Å². The predicted molar refractivity (Wildman–Crippen MR) is 176 cm³/mol. The lowest BCUT2D eigenvalue weighted by molar-refractivity contribution is 0.668. The molecule has 3 aromatic heterocycles. The first-order valence-electron chi connectivity index (χ1n) is 14.8. The summed E-state index contributed by atoms with van der Waals surface area (Å²) < 4.78 is 12.7. The third-order valence-electron chi connectivity index (χ3n) is 8.45. The number of para-hydroxylation sites is 2. The first-order valence-corrected chi connectivity index (χ1v) is 14.8. The quantitative estimate of drug-likeness (QED) is 0.212. The molecule has 0 aliphatic heterocycles. The standard InChI is InChI=1S/C39H25N3O2/c1-3-11-24(12-4-1)37-40-38(25-13-5-2-6-14-25)42-39(41-37)30-21-20-27(36-35(30)29-16-8-10-18-33(29)44-36)26-19-22-34-31(23-26)28-15-7-9-17-32(28)43-34/h1-13,15-23,25H,14H2. The van der Waals surface area contributed by atoms with Gasteiger partial charge in [-0.05, 0) is 48.4 Å². The van der Waals surface area contributed by atoms with Crippen molar-refractivity contribution < 1.29 is 8.83 Å². The van der Waals surface area contributed by atoms with E-state index in [1.807, 2.05) is 72.8 Å². The number of rotatable bonds is 4. The molecule has 1 unspecified atom stereocenters. The Balaban J connectivity index is 1.29. The average molecular weight is 568 g/mol. The van der Waals surface area contributed by atoms with Gasteiger partial charge in [-0.25, -0.2) is 15.0 Å². The second kappa shape index (κ2) is 9.89. The molecule has 5 aromatic carbocycles. The van der Waals surface area contributed by atoms with E-state index < -0.39 is 0 Å². The SMILES string of the molecule is C1=CCC(c2nc(-c3ccccc3)nc(-c3ccc(-c4ccc5oc6ccccc6c5c4)c4oc5ccccc5c34)n2)C=C1. The van der Waals surface area contributed by atoms with Gasteiger partial charge in [0.2, 0.25) is 0 Å². The molecule has 8 aromatic rings. The van der Waals surface area contributed by atoms with Crippen LogP contribution in [-0.4, -0.2) is 15.0 Å². The maximum Gasteiger partial charge on any atom is 0.164 e. The molecule has 0 amide bonds. The van der Waals surface area contributed by atoms with Crippen LogP contribution in [0, 0.1) is 0 Å². The average Bonchev–Trinajstić information content (AvgIpc) is 3.67. The summed E-state index contributed by atoms with van der Waals surface area (Å²) in [6, 6.07) is 37.0. The summed E-state index contributed by atoms with van der Waals surface area (Å²) in [7, 11) is 0. The number of hydrogen-bond donors (Lipinski definition) is 0. The Morgan fingerprint density at radius 2 is 1.27 bits per heavy atom. The topological polar surface area (TPSA) is 65.0 Å². The van der Waals surface area contributed by atoms with Crippen LogP contribution in [0.25, 0.3) is 77.8 Å². The van der Waals surface area contributed by atoms with Crippen molar-refractivity contribution in [3.8, 4) is 33.9 Å². The molecule has 5 nitrogen and oxygen atoms in total. The van der Waals surface area contributed by atoms with Gasteiger partial charge in [0, 0.05) is 44.2 Å². The minimum absolute atomic E-state index is 0.0802. The highest BCUT2D eigenvalue weighted by molar-refractivity contribution is 6.16. The normalized spacial score (nSPS) is 14.8. The molecule has 3 heterocycles. The number of aromatic nitrogens is 3. The summed E-state index contributed by atoms with van der Waals surface area (Å²) in [5, 5.41) is 4.19. The van der Waals surface area contributed by atoms with Crippen LogP contribution in [0.3, 0.4) is 0 Å². The maximum atomic E-state index is 6.63. The Kier molecular flexibility index (Phi) is 5.56. The lowest BCUT2D eigenvalue weighted by atomic mass is 9.96. The van der Waals surface area contributed by atoms with Crippen LogP contribution in [0.4, 0.5) is 0 Å². The van der Waals surface area contributed by atoms with Crippen molar-refractivity contribution >= 4 is 43.9 Å². The maximum absolute atomic E-state index is 6.63. The van der Waals surface area contributed by atoms with Crippen LogP contribution in [0.15, 0.2) is 142 Å². The van der Waals surface area contributed by atoms with Gasteiger partial charge in [0.1, 0.15) is 28.2 Å². The van der Waals surface area contributed by atoms with E-state index in [1.165, 1.54) is 0 Å². The zero-order valence-corrected chi connectivity index (χ0v) is 23.6. The van der Waals surface area contributed by atoms with Crippen LogP contribution in [0.5, 0.6) is 0 Å². The van der Waals surface area contributed by atoms with Crippen molar-refractivity contribution in [2.75, 3.05) is 0 Å². The fraction of sp³-hybridized carbons (Fsp3) is 0.0513. The molecule has 0 saturated carbocycles. The lowest BCUT2D eigenvalue weighted by Gasteiger charge is -2.15. The summed E-state index contributed by atoms with van der Waals surface area (Å²) in [4.78, 5) is 15.1. The smallest absolute Gasteiger partial charge is 0.164 e. The number of allylic oxidation sites excluding steroid dienone is 4. The summed E-state index contributed by atoms with van der Waals surface area (Å²) in [6.07, 6.45) is 9.31. The van der Waals surface area contributed by atoms with Gasteiger partial charge in [-0.2, -0.15) is 0 Å². The molecular formula is C39H25N3O2. The number of furan rings is 2. The zero-order valence-electron chi connectivity index (χ0n) is 23.6. The van der Waals surface area contributed by atoms with Crippen LogP contribution in [-0.2, 0) is 0 Å². The zero-order chi connectivity index (χ0) is 29.0. The Hall–Kier alpha value is -5.81. The summed E-state index contributed by atoms with van der Waals surface area (Å²) in [5.74, 6) is 2.14. The molecule has 0 fully saturated rings. The van der Waals surface area contributed by atoms with Crippen LogP contribution >= 0.6 is 0 Å². The third kappa shape index (κ3) is 3.97. The van der Waals surface area contributed by atoms with Gasteiger partial charge < -0.3 is 8.83 Å². The van der Waals surface area contributed by atoms with Gasteiger partial charge in [-0.15, -0.1) is 0 Å².